The Morgan fingerprint density at radius 3 is 2.71 bits per heavy atom. The highest BCUT2D eigenvalue weighted by Gasteiger charge is 2.37. The normalized spacial score (nSPS) is 18.2. The molecular weight excluding hydrogens is 278 g/mol. The number of benzene rings is 1. The molecule has 1 amide bonds. The molecular formula is C15H20F2N2O2. The molecule has 3 N–H and O–H groups in total. The molecule has 0 aliphatic heterocycles. The summed E-state index contributed by atoms with van der Waals surface area (Å²) in [7, 11) is 1.54. The predicted octanol–water partition coefficient (Wildman–Crippen LogP) is 2.72. The summed E-state index contributed by atoms with van der Waals surface area (Å²) in [6.07, 6.45) is 0.0270. The Hall–Kier alpha value is -1.85. The molecule has 1 aliphatic carbocycles. The number of nitrogens with one attached hydrogen (secondary N) is 1. The first-order chi connectivity index (χ1) is 9.91. The van der Waals surface area contributed by atoms with Crippen LogP contribution < -0.4 is 15.8 Å². The van der Waals surface area contributed by atoms with Crippen LogP contribution in [0, 0.1) is 5.92 Å². The zero-order valence-corrected chi connectivity index (χ0v) is 12.0. The van der Waals surface area contributed by atoms with Gasteiger partial charge in [-0.05, 0) is 31.0 Å². The highest BCUT2D eigenvalue weighted by molar-refractivity contribution is 5.78. The number of nitrogens with two attached hydrogens (primary N) is 1. The molecule has 21 heavy (non-hydrogen) atoms. The second-order valence-corrected chi connectivity index (χ2v) is 5.42. The van der Waals surface area contributed by atoms with Crippen LogP contribution in [0.15, 0.2) is 18.2 Å². The number of alkyl halides is 2. The van der Waals surface area contributed by atoms with Crippen LogP contribution in [-0.4, -0.2) is 18.9 Å². The third-order valence-electron chi connectivity index (χ3n) is 3.85. The number of methoxy groups -OCH3 is 1. The van der Waals surface area contributed by atoms with Crippen LogP contribution in [0.1, 0.15) is 31.2 Å². The zero-order valence-electron chi connectivity index (χ0n) is 12.0. The fourth-order valence-corrected chi connectivity index (χ4v) is 2.57. The Morgan fingerprint density at radius 2 is 2.10 bits per heavy atom. The summed E-state index contributed by atoms with van der Waals surface area (Å²) in [5, 5.41) is 2.78. The van der Waals surface area contributed by atoms with E-state index in [9.17, 15) is 13.6 Å². The van der Waals surface area contributed by atoms with Gasteiger partial charge in [0.1, 0.15) is 5.75 Å². The topological polar surface area (TPSA) is 64.3 Å². The summed E-state index contributed by atoms with van der Waals surface area (Å²) < 4.78 is 31.3. The molecule has 1 saturated carbocycles. The van der Waals surface area contributed by atoms with E-state index in [0.717, 1.165) is 5.56 Å². The molecule has 6 heteroatoms. The Balaban J connectivity index is 1.91. The van der Waals surface area contributed by atoms with Crippen LogP contribution in [0.5, 0.6) is 5.75 Å². The monoisotopic (exact) mass is 298 g/mol. The largest absolute Gasteiger partial charge is 0.496 e. The molecule has 1 aromatic carbocycles. The van der Waals surface area contributed by atoms with Gasteiger partial charge in [0.15, 0.2) is 0 Å². The van der Waals surface area contributed by atoms with E-state index in [-0.39, 0.29) is 44.1 Å². The van der Waals surface area contributed by atoms with Gasteiger partial charge in [0.05, 0.1) is 7.11 Å². The Bertz CT molecular complexity index is 510. The molecule has 1 fully saturated rings. The summed E-state index contributed by atoms with van der Waals surface area (Å²) in [6.45, 7) is 0.278. The standard InChI is InChI=1S/C15H20F2N2O2/c1-21-13-3-2-12(18)8-11(13)9-19-14(20)10-4-6-15(16,17)7-5-10/h2-3,8,10H,4-7,9,18H2,1H3,(H,19,20). The number of amides is 1. The number of anilines is 1. The first kappa shape index (κ1) is 15.5. The zero-order chi connectivity index (χ0) is 15.5. The molecule has 0 saturated heterocycles. The van der Waals surface area contributed by atoms with E-state index < -0.39 is 5.92 Å². The maximum atomic E-state index is 13.1. The van der Waals surface area contributed by atoms with E-state index >= 15 is 0 Å². The molecule has 0 aromatic heterocycles. The summed E-state index contributed by atoms with van der Waals surface area (Å²) in [4.78, 5) is 12.0. The van der Waals surface area contributed by atoms with Crippen LogP contribution in [0.4, 0.5) is 14.5 Å². The van der Waals surface area contributed by atoms with E-state index in [1.54, 1.807) is 25.3 Å². The van der Waals surface area contributed by atoms with Crippen LogP contribution in [0.3, 0.4) is 0 Å². The highest BCUT2D eigenvalue weighted by atomic mass is 19.3. The van der Waals surface area contributed by atoms with E-state index in [0.29, 0.717) is 11.4 Å². The van der Waals surface area contributed by atoms with Gasteiger partial charge in [-0.3, -0.25) is 4.79 Å². The average Bonchev–Trinajstić information content (AvgIpc) is 2.45. The maximum Gasteiger partial charge on any atom is 0.248 e. The van der Waals surface area contributed by atoms with Crippen LogP contribution in [-0.2, 0) is 11.3 Å². The number of halogens is 2. The minimum atomic E-state index is -2.62. The smallest absolute Gasteiger partial charge is 0.248 e. The SMILES string of the molecule is COc1ccc(N)cc1CNC(=O)C1CCC(F)(F)CC1. The number of hydrogen-bond acceptors (Lipinski definition) is 3. The van der Waals surface area contributed by atoms with Crippen LogP contribution in [0.25, 0.3) is 0 Å². The van der Waals surface area contributed by atoms with Gasteiger partial charge in [0.25, 0.3) is 0 Å². The number of ether oxygens (including phenoxy) is 1. The quantitative estimate of drug-likeness (QED) is 0.840. The minimum Gasteiger partial charge on any atom is -0.496 e. The van der Waals surface area contributed by atoms with Crippen molar-refractivity contribution in [2.45, 2.75) is 38.2 Å². The van der Waals surface area contributed by atoms with E-state index in [1.165, 1.54) is 0 Å². The van der Waals surface area contributed by atoms with Gasteiger partial charge in [-0.2, -0.15) is 0 Å². The lowest BCUT2D eigenvalue weighted by atomic mass is 9.86. The number of rotatable bonds is 4. The van der Waals surface area contributed by atoms with Crippen molar-refractivity contribution in [1.82, 2.24) is 5.32 Å². The summed E-state index contributed by atoms with van der Waals surface area (Å²) in [5.74, 6) is -2.50. The van der Waals surface area contributed by atoms with Crippen molar-refractivity contribution in [2.75, 3.05) is 12.8 Å². The third-order valence-corrected chi connectivity index (χ3v) is 3.85. The van der Waals surface area contributed by atoms with Crippen molar-refractivity contribution in [1.29, 1.82) is 0 Å². The highest BCUT2D eigenvalue weighted by Crippen LogP contribution is 2.36. The molecule has 0 unspecified atom stereocenters. The molecule has 1 aromatic rings. The lowest BCUT2D eigenvalue weighted by Crippen LogP contribution is -2.35. The lowest BCUT2D eigenvalue weighted by Gasteiger charge is -2.27. The fraction of sp³-hybridized carbons (Fsp3) is 0.533. The number of hydrogen-bond donors (Lipinski definition) is 2. The first-order valence-electron chi connectivity index (χ1n) is 6.99. The van der Waals surface area contributed by atoms with Crippen LogP contribution >= 0.6 is 0 Å². The Kier molecular flexibility index (Phi) is 4.65. The van der Waals surface area contributed by atoms with Crippen molar-refractivity contribution in [2.24, 2.45) is 5.92 Å². The van der Waals surface area contributed by atoms with E-state index in [2.05, 4.69) is 5.32 Å². The number of nitrogen functional groups attached to an aromatic ring is 1. The van der Waals surface area contributed by atoms with Gasteiger partial charge in [-0.15, -0.1) is 0 Å². The van der Waals surface area contributed by atoms with Gasteiger partial charge >= 0.3 is 0 Å². The molecule has 0 heterocycles. The van der Waals surface area contributed by atoms with Crippen molar-refractivity contribution in [3.63, 3.8) is 0 Å². The predicted molar refractivity (Wildman–Crippen MR) is 76.2 cm³/mol. The lowest BCUT2D eigenvalue weighted by molar-refractivity contribution is -0.129. The third kappa shape index (κ3) is 4.06. The summed E-state index contributed by atoms with van der Waals surface area (Å²) in [6, 6.07) is 5.18. The van der Waals surface area contributed by atoms with Gasteiger partial charge < -0.3 is 15.8 Å². The second kappa shape index (κ2) is 6.28. The van der Waals surface area contributed by atoms with Gasteiger partial charge in [0.2, 0.25) is 11.8 Å². The Morgan fingerprint density at radius 1 is 1.43 bits per heavy atom. The first-order valence-corrected chi connectivity index (χ1v) is 6.99. The minimum absolute atomic E-state index is 0.185. The Labute approximate surface area is 122 Å². The molecule has 0 radical (unpaired) electrons. The van der Waals surface area contributed by atoms with E-state index in [1.807, 2.05) is 0 Å². The van der Waals surface area contributed by atoms with Crippen LogP contribution in [0.2, 0.25) is 0 Å². The molecule has 0 spiro atoms. The molecule has 0 bridgehead atoms. The van der Waals surface area contributed by atoms with Gasteiger partial charge in [-0.1, -0.05) is 0 Å². The van der Waals surface area contributed by atoms with E-state index in [4.69, 9.17) is 10.5 Å². The van der Waals surface area contributed by atoms with Crippen molar-refractivity contribution < 1.29 is 18.3 Å². The second-order valence-electron chi connectivity index (χ2n) is 5.42. The maximum absolute atomic E-state index is 13.1. The average molecular weight is 298 g/mol. The summed E-state index contributed by atoms with van der Waals surface area (Å²) >= 11 is 0. The van der Waals surface area contributed by atoms with Gasteiger partial charge in [-0.25, -0.2) is 8.78 Å². The molecule has 0 atom stereocenters. The summed E-state index contributed by atoms with van der Waals surface area (Å²) in [5.41, 5.74) is 7.06. The van der Waals surface area contributed by atoms with Gasteiger partial charge in [0, 0.05) is 36.6 Å². The molecule has 4 nitrogen and oxygen atoms in total. The van der Waals surface area contributed by atoms with Crippen molar-refractivity contribution in [3.05, 3.63) is 23.8 Å². The molecule has 2 rings (SSSR count). The van der Waals surface area contributed by atoms with Crippen molar-refractivity contribution >= 4 is 11.6 Å². The molecule has 1 aliphatic rings. The number of carbonyl (C=O) groups is 1. The van der Waals surface area contributed by atoms with Crippen molar-refractivity contribution in [3.8, 4) is 5.75 Å². The molecule has 116 valence electrons. The number of carbonyl (C=O) groups excluding carboxylic acids is 1. The fourth-order valence-electron chi connectivity index (χ4n) is 2.57.